The third-order valence-corrected chi connectivity index (χ3v) is 3.90. The van der Waals surface area contributed by atoms with Gasteiger partial charge in [0.05, 0.1) is 5.60 Å². The highest BCUT2D eigenvalue weighted by molar-refractivity contribution is 9.10. The number of benzene rings is 1. The topological polar surface area (TPSA) is 21.3 Å². The standard InChI is InChI=1S/C16H26BrNO/c1-12(10-14-6-8-15(17)9-7-14)18-13(2)11-16(3,4)19-5/h6-9,12-13,18H,10-11H2,1-5H3. The minimum absolute atomic E-state index is 0.0657. The number of hydrogen-bond donors (Lipinski definition) is 1. The minimum Gasteiger partial charge on any atom is -0.379 e. The Balaban J connectivity index is 2.42. The van der Waals surface area contributed by atoms with E-state index in [1.165, 1.54) is 5.56 Å². The summed E-state index contributed by atoms with van der Waals surface area (Å²) >= 11 is 3.46. The zero-order valence-corrected chi connectivity index (χ0v) is 14.3. The van der Waals surface area contributed by atoms with Crippen molar-refractivity contribution in [1.82, 2.24) is 5.32 Å². The molecule has 0 aliphatic rings. The fourth-order valence-corrected chi connectivity index (χ4v) is 2.66. The van der Waals surface area contributed by atoms with Crippen LogP contribution < -0.4 is 5.32 Å². The van der Waals surface area contributed by atoms with Gasteiger partial charge in [0, 0.05) is 23.7 Å². The van der Waals surface area contributed by atoms with Crippen molar-refractivity contribution in [3.63, 3.8) is 0 Å². The molecule has 0 radical (unpaired) electrons. The molecule has 0 amide bonds. The van der Waals surface area contributed by atoms with Crippen molar-refractivity contribution < 1.29 is 4.74 Å². The average molecular weight is 328 g/mol. The van der Waals surface area contributed by atoms with E-state index >= 15 is 0 Å². The third-order valence-electron chi connectivity index (χ3n) is 3.37. The second kappa shape index (κ2) is 7.41. The molecule has 1 rings (SSSR count). The molecule has 2 atom stereocenters. The summed E-state index contributed by atoms with van der Waals surface area (Å²) in [6.07, 6.45) is 2.05. The molecule has 0 saturated carbocycles. The highest BCUT2D eigenvalue weighted by Crippen LogP contribution is 2.16. The van der Waals surface area contributed by atoms with Crippen LogP contribution in [0.15, 0.2) is 28.7 Å². The number of rotatable bonds is 7. The van der Waals surface area contributed by atoms with E-state index in [9.17, 15) is 0 Å². The second-order valence-corrected chi connectivity index (χ2v) is 6.88. The lowest BCUT2D eigenvalue weighted by molar-refractivity contribution is 0.00786. The van der Waals surface area contributed by atoms with Gasteiger partial charge in [0.1, 0.15) is 0 Å². The van der Waals surface area contributed by atoms with E-state index in [-0.39, 0.29) is 5.60 Å². The van der Waals surface area contributed by atoms with Crippen molar-refractivity contribution in [2.45, 2.75) is 58.2 Å². The molecule has 0 bridgehead atoms. The molecule has 0 aliphatic carbocycles. The van der Waals surface area contributed by atoms with E-state index < -0.39 is 0 Å². The van der Waals surface area contributed by atoms with Gasteiger partial charge in [0.2, 0.25) is 0 Å². The lowest BCUT2D eigenvalue weighted by atomic mass is 9.98. The molecule has 2 nitrogen and oxygen atoms in total. The van der Waals surface area contributed by atoms with Crippen molar-refractivity contribution in [3.05, 3.63) is 34.3 Å². The van der Waals surface area contributed by atoms with Gasteiger partial charge < -0.3 is 10.1 Å². The van der Waals surface area contributed by atoms with Crippen molar-refractivity contribution in [2.75, 3.05) is 7.11 Å². The first-order valence-corrected chi connectivity index (χ1v) is 7.67. The van der Waals surface area contributed by atoms with Gasteiger partial charge in [-0.2, -0.15) is 0 Å². The zero-order chi connectivity index (χ0) is 14.5. The maximum absolute atomic E-state index is 5.48. The Bertz CT molecular complexity index is 375. The van der Waals surface area contributed by atoms with Crippen molar-refractivity contribution in [2.24, 2.45) is 0 Å². The molecule has 19 heavy (non-hydrogen) atoms. The van der Waals surface area contributed by atoms with Crippen molar-refractivity contribution >= 4 is 15.9 Å². The van der Waals surface area contributed by atoms with Crippen molar-refractivity contribution in [1.29, 1.82) is 0 Å². The van der Waals surface area contributed by atoms with Gasteiger partial charge in [0.15, 0.2) is 0 Å². The Kier molecular flexibility index (Phi) is 6.51. The van der Waals surface area contributed by atoms with Crippen LogP contribution in [0.4, 0.5) is 0 Å². The van der Waals surface area contributed by atoms with E-state index in [0.29, 0.717) is 12.1 Å². The molecule has 1 N–H and O–H groups in total. The summed E-state index contributed by atoms with van der Waals surface area (Å²) < 4.78 is 6.61. The Morgan fingerprint density at radius 2 is 1.74 bits per heavy atom. The van der Waals surface area contributed by atoms with Crippen LogP contribution in [-0.4, -0.2) is 24.8 Å². The van der Waals surface area contributed by atoms with Gasteiger partial charge in [0.25, 0.3) is 0 Å². The van der Waals surface area contributed by atoms with E-state index in [2.05, 4.69) is 73.2 Å². The fraction of sp³-hybridized carbons (Fsp3) is 0.625. The molecule has 0 saturated heterocycles. The summed E-state index contributed by atoms with van der Waals surface area (Å²) in [7, 11) is 1.78. The molecule has 0 spiro atoms. The van der Waals surface area contributed by atoms with Gasteiger partial charge in [-0.25, -0.2) is 0 Å². The monoisotopic (exact) mass is 327 g/mol. The average Bonchev–Trinajstić information content (AvgIpc) is 2.31. The second-order valence-electron chi connectivity index (χ2n) is 5.97. The van der Waals surface area contributed by atoms with Crippen LogP contribution in [0.25, 0.3) is 0 Å². The molecular formula is C16H26BrNO. The Morgan fingerprint density at radius 1 is 1.16 bits per heavy atom. The fourth-order valence-electron chi connectivity index (χ4n) is 2.40. The quantitative estimate of drug-likeness (QED) is 0.811. The summed E-state index contributed by atoms with van der Waals surface area (Å²) in [6, 6.07) is 9.45. The zero-order valence-electron chi connectivity index (χ0n) is 12.7. The normalized spacial score (nSPS) is 15.3. The summed E-state index contributed by atoms with van der Waals surface area (Å²) in [5.74, 6) is 0. The summed E-state index contributed by atoms with van der Waals surface area (Å²) in [6.45, 7) is 8.71. The van der Waals surface area contributed by atoms with E-state index in [0.717, 1.165) is 17.3 Å². The largest absolute Gasteiger partial charge is 0.379 e. The van der Waals surface area contributed by atoms with Gasteiger partial charge in [-0.15, -0.1) is 0 Å². The van der Waals surface area contributed by atoms with E-state index in [1.807, 2.05) is 0 Å². The Labute approximate surface area is 126 Å². The smallest absolute Gasteiger partial charge is 0.0637 e. The van der Waals surface area contributed by atoms with Crippen LogP contribution in [0.1, 0.15) is 39.7 Å². The molecule has 1 aromatic rings. The first-order chi connectivity index (χ1) is 8.82. The van der Waals surface area contributed by atoms with Crippen LogP contribution in [0, 0.1) is 0 Å². The molecule has 108 valence electrons. The van der Waals surface area contributed by atoms with Crippen LogP contribution >= 0.6 is 15.9 Å². The van der Waals surface area contributed by atoms with Crippen molar-refractivity contribution in [3.8, 4) is 0 Å². The first kappa shape index (κ1) is 16.7. The summed E-state index contributed by atoms with van der Waals surface area (Å²) in [5, 5.41) is 3.64. The number of nitrogens with one attached hydrogen (secondary N) is 1. The molecule has 0 heterocycles. The molecule has 0 fully saturated rings. The number of halogens is 1. The predicted molar refractivity (Wildman–Crippen MR) is 85.6 cm³/mol. The number of methoxy groups -OCH3 is 1. The summed E-state index contributed by atoms with van der Waals surface area (Å²) in [5.41, 5.74) is 1.30. The van der Waals surface area contributed by atoms with Crippen LogP contribution in [0.5, 0.6) is 0 Å². The predicted octanol–water partition coefficient (Wildman–Crippen LogP) is 4.17. The van der Waals surface area contributed by atoms with Crippen LogP contribution in [-0.2, 0) is 11.2 Å². The minimum atomic E-state index is -0.0657. The van der Waals surface area contributed by atoms with E-state index in [1.54, 1.807) is 7.11 Å². The molecule has 1 aromatic carbocycles. The SMILES string of the molecule is COC(C)(C)CC(C)NC(C)Cc1ccc(Br)cc1. The van der Waals surface area contributed by atoms with Gasteiger partial charge in [-0.1, -0.05) is 28.1 Å². The van der Waals surface area contributed by atoms with Gasteiger partial charge in [-0.05, 0) is 58.2 Å². The maximum atomic E-state index is 5.48. The number of ether oxygens (including phenoxy) is 1. The lowest BCUT2D eigenvalue weighted by Crippen LogP contribution is -2.40. The van der Waals surface area contributed by atoms with Gasteiger partial charge in [-0.3, -0.25) is 0 Å². The molecule has 0 aromatic heterocycles. The highest BCUT2D eigenvalue weighted by Gasteiger charge is 2.20. The molecular weight excluding hydrogens is 302 g/mol. The van der Waals surface area contributed by atoms with Crippen LogP contribution in [0.2, 0.25) is 0 Å². The third kappa shape index (κ3) is 6.55. The summed E-state index contributed by atoms with van der Waals surface area (Å²) in [4.78, 5) is 0. The Hall–Kier alpha value is -0.380. The molecule has 0 aliphatic heterocycles. The molecule has 2 unspecified atom stereocenters. The van der Waals surface area contributed by atoms with E-state index in [4.69, 9.17) is 4.74 Å². The highest BCUT2D eigenvalue weighted by atomic mass is 79.9. The lowest BCUT2D eigenvalue weighted by Gasteiger charge is -2.29. The Morgan fingerprint density at radius 3 is 2.26 bits per heavy atom. The number of hydrogen-bond acceptors (Lipinski definition) is 2. The first-order valence-electron chi connectivity index (χ1n) is 6.88. The van der Waals surface area contributed by atoms with Crippen LogP contribution in [0.3, 0.4) is 0 Å². The molecule has 3 heteroatoms. The maximum Gasteiger partial charge on any atom is 0.0637 e. The van der Waals surface area contributed by atoms with Gasteiger partial charge >= 0.3 is 0 Å².